The normalized spacial score (nSPS) is 12.2. The maximum absolute atomic E-state index is 11.1. The van der Waals surface area contributed by atoms with E-state index >= 15 is 0 Å². The first-order chi connectivity index (χ1) is 7.15. The Morgan fingerprint density at radius 1 is 1.73 bits per heavy atom. The molecule has 1 aromatic heterocycles. The Morgan fingerprint density at radius 2 is 2.47 bits per heavy atom. The van der Waals surface area contributed by atoms with E-state index in [1.54, 1.807) is 18.3 Å². The summed E-state index contributed by atoms with van der Waals surface area (Å²) in [5, 5.41) is 1.36. The maximum atomic E-state index is 11.1. The summed E-state index contributed by atoms with van der Waals surface area (Å²) in [6.07, 6.45) is 1.68. The van der Waals surface area contributed by atoms with Crippen LogP contribution in [0.2, 0.25) is 5.02 Å². The number of rotatable bonds is 4. The van der Waals surface area contributed by atoms with E-state index in [4.69, 9.17) is 11.6 Å². The van der Waals surface area contributed by atoms with Crippen molar-refractivity contribution in [3.05, 3.63) is 23.4 Å². The van der Waals surface area contributed by atoms with Crippen molar-refractivity contribution >= 4 is 29.3 Å². The summed E-state index contributed by atoms with van der Waals surface area (Å²) in [6.45, 7) is 1.82. The predicted molar refractivity (Wildman–Crippen MR) is 61.2 cm³/mol. The van der Waals surface area contributed by atoms with Gasteiger partial charge in [0.05, 0.1) is 18.1 Å². The molecule has 0 saturated carbocycles. The Labute approximate surface area is 98.2 Å². The van der Waals surface area contributed by atoms with Crippen molar-refractivity contribution in [1.82, 2.24) is 4.98 Å². The molecular weight excluding hydrogens is 234 g/mol. The van der Waals surface area contributed by atoms with Crippen LogP contribution in [0.5, 0.6) is 0 Å². The van der Waals surface area contributed by atoms with Crippen molar-refractivity contribution in [1.29, 1.82) is 0 Å². The minimum absolute atomic E-state index is 0.155. The van der Waals surface area contributed by atoms with Crippen LogP contribution in [0.4, 0.5) is 0 Å². The zero-order valence-electron chi connectivity index (χ0n) is 8.57. The number of hydrogen-bond acceptors (Lipinski definition) is 4. The Hall–Kier alpha value is -0.740. The third-order valence-electron chi connectivity index (χ3n) is 1.80. The fourth-order valence-electron chi connectivity index (χ4n) is 0.951. The Morgan fingerprint density at radius 3 is 3.07 bits per heavy atom. The molecule has 3 nitrogen and oxygen atoms in total. The summed E-state index contributed by atoms with van der Waals surface area (Å²) in [5.74, 6) is 0.247. The minimum atomic E-state index is -0.213. The zero-order valence-corrected chi connectivity index (χ0v) is 10.1. The van der Waals surface area contributed by atoms with E-state index in [1.165, 1.54) is 18.9 Å². The standard InChI is InChI=1S/C10H12ClNO2S/c1-7(10(13)14-2)6-15-9-8(11)4-3-5-12-9/h3-5,7H,6H2,1-2H3. The van der Waals surface area contributed by atoms with Gasteiger partial charge in [0.2, 0.25) is 0 Å². The quantitative estimate of drug-likeness (QED) is 0.604. The van der Waals surface area contributed by atoms with Crippen LogP contribution in [-0.4, -0.2) is 23.8 Å². The van der Waals surface area contributed by atoms with E-state index in [-0.39, 0.29) is 11.9 Å². The summed E-state index contributed by atoms with van der Waals surface area (Å²) in [6, 6.07) is 3.55. The Balaban J connectivity index is 2.50. The van der Waals surface area contributed by atoms with Gasteiger partial charge in [-0.3, -0.25) is 4.79 Å². The molecule has 1 heterocycles. The Bertz CT molecular complexity index is 346. The van der Waals surface area contributed by atoms with Crippen molar-refractivity contribution in [2.45, 2.75) is 11.9 Å². The van der Waals surface area contributed by atoms with Crippen LogP contribution in [0.25, 0.3) is 0 Å². The lowest BCUT2D eigenvalue weighted by molar-refractivity contribution is -0.143. The average Bonchev–Trinajstić information content (AvgIpc) is 2.26. The summed E-state index contributed by atoms with van der Waals surface area (Å²) < 4.78 is 4.62. The second kappa shape index (κ2) is 5.98. The lowest BCUT2D eigenvalue weighted by Gasteiger charge is -2.08. The molecule has 0 spiro atoms. The lowest BCUT2D eigenvalue weighted by atomic mass is 10.2. The van der Waals surface area contributed by atoms with Crippen LogP contribution in [0.1, 0.15) is 6.92 Å². The molecule has 0 aliphatic carbocycles. The first kappa shape index (κ1) is 12.3. The summed E-state index contributed by atoms with van der Waals surface area (Å²) >= 11 is 7.38. The summed E-state index contributed by atoms with van der Waals surface area (Å²) in [5.41, 5.74) is 0. The monoisotopic (exact) mass is 245 g/mol. The fourth-order valence-corrected chi connectivity index (χ4v) is 2.12. The van der Waals surface area contributed by atoms with Gasteiger partial charge >= 0.3 is 5.97 Å². The van der Waals surface area contributed by atoms with Crippen molar-refractivity contribution in [3.63, 3.8) is 0 Å². The molecule has 0 radical (unpaired) electrons. The van der Waals surface area contributed by atoms with E-state index in [2.05, 4.69) is 9.72 Å². The van der Waals surface area contributed by atoms with Crippen LogP contribution in [0.3, 0.4) is 0 Å². The number of halogens is 1. The van der Waals surface area contributed by atoms with Crippen molar-refractivity contribution < 1.29 is 9.53 Å². The van der Waals surface area contributed by atoms with Gasteiger partial charge in [-0.1, -0.05) is 18.5 Å². The zero-order chi connectivity index (χ0) is 11.3. The highest BCUT2D eigenvalue weighted by atomic mass is 35.5. The Kier molecular flexibility index (Phi) is 4.91. The third kappa shape index (κ3) is 3.72. The summed E-state index contributed by atoms with van der Waals surface area (Å²) in [4.78, 5) is 15.2. The van der Waals surface area contributed by atoms with Gasteiger partial charge in [-0.15, -0.1) is 11.8 Å². The number of nitrogens with zero attached hydrogens (tertiary/aromatic N) is 1. The minimum Gasteiger partial charge on any atom is -0.469 e. The predicted octanol–water partition coefficient (Wildman–Crippen LogP) is 2.64. The maximum Gasteiger partial charge on any atom is 0.309 e. The van der Waals surface area contributed by atoms with Crippen molar-refractivity contribution in [2.24, 2.45) is 5.92 Å². The highest BCUT2D eigenvalue weighted by Crippen LogP contribution is 2.25. The van der Waals surface area contributed by atoms with Crippen LogP contribution >= 0.6 is 23.4 Å². The van der Waals surface area contributed by atoms with E-state index < -0.39 is 0 Å². The highest BCUT2D eigenvalue weighted by molar-refractivity contribution is 7.99. The molecule has 0 aromatic carbocycles. The highest BCUT2D eigenvalue weighted by Gasteiger charge is 2.14. The molecule has 0 fully saturated rings. The molecule has 82 valence electrons. The molecule has 0 aliphatic heterocycles. The van der Waals surface area contributed by atoms with E-state index in [0.717, 1.165) is 5.03 Å². The second-order valence-electron chi connectivity index (χ2n) is 3.03. The van der Waals surface area contributed by atoms with Crippen LogP contribution in [0, 0.1) is 5.92 Å². The number of ether oxygens (including phenoxy) is 1. The molecule has 0 amide bonds. The topological polar surface area (TPSA) is 39.2 Å². The van der Waals surface area contributed by atoms with Crippen LogP contribution in [0.15, 0.2) is 23.4 Å². The largest absolute Gasteiger partial charge is 0.469 e. The van der Waals surface area contributed by atoms with E-state index in [0.29, 0.717) is 10.8 Å². The van der Waals surface area contributed by atoms with Gasteiger partial charge in [-0.25, -0.2) is 4.98 Å². The third-order valence-corrected chi connectivity index (χ3v) is 3.48. The SMILES string of the molecule is COC(=O)C(C)CSc1ncccc1Cl. The molecular formula is C10H12ClNO2S. The molecule has 1 atom stereocenters. The number of thioether (sulfide) groups is 1. The van der Waals surface area contributed by atoms with Crippen LogP contribution < -0.4 is 0 Å². The lowest BCUT2D eigenvalue weighted by Crippen LogP contribution is -2.14. The molecule has 0 saturated heterocycles. The molecule has 0 N–H and O–H groups in total. The summed E-state index contributed by atoms with van der Waals surface area (Å²) in [7, 11) is 1.39. The van der Waals surface area contributed by atoms with Crippen LogP contribution in [-0.2, 0) is 9.53 Å². The number of hydrogen-bond donors (Lipinski definition) is 0. The number of aromatic nitrogens is 1. The van der Waals surface area contributed by atoms with Gasteiger partial charge in [-0.2, -0.15) is 0 Å². The fraction of sp³-hybridized carbons (Fsp3) is 0.400. The van der Waals surface area contributed by atoms with Gasteiger partial charge in [0.25, 0.3) is 0 Å². The van der Waals surface area contributed by atoms with Gasteiger partial charge in [0, 0.05) is 11.9 Å². The second-order valence-corrected chi connectivity index (χ2v) is 4.44. The molecule has 0 bridgehead atoms. The molecule has 15 heavy (non-hydrogen) atoms. The number of esters is 1. The van der Waals surface area contributed by atoms with E-state index in [1.807, 2.05) is 6.92 Å². The van der Waals surface area contributed by atoms with Gasteiger partial charge in [-0.05, 0) is 12.1 Å². The number of pyridine rings is 1. The molecule has 1 rings (SSSR count). The average molecular weight is 246 g/mol. The van der Waals surface area contributed by atoms with Crippen molar-refractivity contribution in [2.75, 3.05) is 12.9 Å². The van der Waals surface area contributed by atoms with Gasteiger partial charge in [0.15, 0.2) is 0 Å². The van der Waals surface area contributed by atoms with Crippen molar-refractivity contribution in [3.8, 4) is 0 Å². The first-order valence-electron chi connectivity index (χ1n) is 4.46. The molecule has 5 heteroatoms. The number of methoxy groups -OCH3 is 1. The first-order valence-corrected chi connectivity index (χ1v) is 5.82. The smallest absolute Gasteiger partial charge is 0.309 e. The van der Waals surface area contributed by atoms with Gasteiger partial charge in [0.1, 0.15) is 5.03 Å². The molecule has 1 unspecified atom stereocenters. The number of carbonyl (C=O) groups excluding carboxylic acids is 1. The number of carbonyl (C=O) groups is 1. The molecule has 0 aliphatic rings. The van der Waals surface area contributed by atoms with E-state index in [9.17, 15) is 4.79 Å². The van der Waals surface area contributed by atoms with Gasteiger partial charge < -0.3 is 4.74 Å². The molecule has 1 aromatic rings.